The first-order valence-electron chi connectivity index (χ1n) is 16.4. The van der Waals surface area contributed by atoms with Gasteiger partial charge in [-0.05, 0) is 49.4 Å². The standard InChI is InChI=1S/C34H41N5O6S2/c40-27-9-8-25(30-29(27)37-33(43)47-30)28(41)19-35-18-22-4-6-24(7-5-22)44-16-14-38-12-10-34(11-13-38)21-39(15-17-45-34)32(42)26-20-46-31(36-26)23-2-1-3-23/h4-9,20,23,28,35,40-41H,1-3,10-19,21H2,(H,37,43)/t28-/m0/s1. The van der Waals surface area contributed by atoms with E-state index in [1.54, 1.807) is 17.4 Å². The van der Waals surface area contributed by atoms with Crippen molar-refractivity contribution in [3.63, 3.8) is 0 Å². The van der Waals surface area contributed by atoms with E-state index in [-0.39, 0.29) is 22.1 Å². The molecule has 11 nitrogen and oxygen atoms in total. The first kappa shape index (κ1) is 32.2. The number of hydrogen-bond acceptors (Lipinski definition) is 11. The highest BCUT2D eigenvalue weighted by atomic mass is 32.1. The van der Waals surface area contributed by atoms with E-state index in [0.717, 1.165) is 60.1 Å². The zero-order valence-corrected chi connectivity index (χ0v) is 27.9. The summed E-state index contributed by atoms with van der Waals surface area (Å²) in [5.74, 6) is 1.39. The van der Waals surface area contributed by atoms with Gasteiger partial charge in [-0.3, -0.25) is 14.5 Å². The van der Waals surface area contributed by atoms with Gasteiger partial charge in [-0.1, -0.05) is 36.0 Å². The number of morpholine rings is 1. The largest absolute Gasteiger partial charge is 0.506 e. The van der Waals surface area contributed by atoms with Crippen molar-refractivity contribution in [3.05, 3.63) is 73.3 Å². The molecule has 7 rings (SSSR count). The van der Waals surface area contributed by atoms with Gasteiger partial charge in [0.1, 0.15) is 29.3 Å². The fourth-order valence-corrected chi connectivity index (χ4v) is 8.54. The van der Waals surface area contributed by atoms with E-state index in [4.69, 9.17) is 14.5 Å². The second-order valence-electron chi connectivity index (χ2n) is 12.8. The molecule has 47 heavy (non-hydrogen) atoms. The second-order valence-corrected chi connectivity index (χ2v) is 14.7. The van der Waals surface area contributed by atoms with E-state index >= 15 is 0 Å². The molecule has 0 radical (unpaired) electrons. The highest BCUT2D eigenvalue weighted by molar-refractivity contribution is 7.16. The predicted molar refractivity (Wildman–Crippen MR) is 182 cm³/mol. The highest BCUT2D eigenvalue weighted by Gasteiger charge is 2.41. The molecule has 13 heteroatoms. The minimum atomic E-state index is -0.823. The summed E-state index contributed by atoms with van der Waals surface area (Å²) < 4.78 is 12.9. The third-order valence-corrected chi connectivity index (χ3v) is 11.7. The first-order chi connectivity index (χ1) is 22.9. The SMILES string of the molecule is O=C(c1csc(C2CCC2)n1)N1CCOC2(CCN(CCOc3ccc(CNC[C@H](O)c4ccc(O)c5[nH]c(=O)sc45)cc3)CC2)C1. The Labute approximate surface area is 281 Å². The van der Waals surface area contributed by atoms with E-state index in [1.165, 1.54) is 25.3 Å². The van der Waals surface area contributed by atoms with E-state index in [9.17, 15) is 19.8 Å². The number of rotatable bonds is 11. The van der Waals surface area contributed by atoms with Crippen molar-refractivity contribution in [2.24, 2.45) is 0 Å². The number of nitrogens with zero attached hydrogens (tertiary/aromatic N) is 3. The van der Waals surface area contributed by atoms with Gasteiger partial charge in [0.15, 0.2) is 0 Å². The summed E-state index contributed by atoms with van der Waals surface area (Å²) in [6.45, 7) is 5.90. The Bertz CT molecular complexity index is 1740. The summed E-state index contributed by atoms with van der Waals surface area (Å²) in [6.07, 6.45) is 4.60. The van der Waals surface area contributed by atoms with Crippen LogP contribution in [0.4, 0.5) is 0 Å². The lowest BCUT2D eigenvalue weighted by molar-refractivity contribution is -0.127. The van der Waals surface area contributed by atoms with Crippen molar-refractivity contribution >= 4 is 38.8 Å². The number of aromatic hydroxyl groups is 1. The Morgan fingerprint density at radius 1 is 1.17 bits per heavy atom. The number of aromatic amines is 1. The molecule has 1 amide bonds. The average Bonchev–Trinajstić information content (AvgIpc) is 3.69. The number of H-pyrrole nitrogens is 1. The number of thiazole rings is 2. The molecule has 4 N–H and O–H groups in total. The van der Waals surface area contributed by atoms with Crippen LogP contribution in [0.1, 0.15) is 70.7 Å². The molecule has 4 heterocycles. The lowest BCUT2D eigenvalue weighted by Gasteiger charge is -2.47. The smallest absolute Gasteiger partial charge is 0.305 e. The predicted octanol–water partition coefficient (Wildman–Crippen LogP) is 4.23. The Balaban J connectivity index is 0.821. The molecule has 3 aliphatic rings. The number of fused-ring (bicyclic) bond motifs is 1. The zero-order valence-electron chi connectivity index (χ0n) is 26.3. The van der Waals surface area contributed by atoms with Crippen molar-refractivity contribution in [2.45, 2.75) is 56.3 Å². The third-order valence-electron chi connectivity index (χ3n) is 9.71. The molecule has 1 spiro atoms. The van der Waals surface area contributed by atoms with Gasteiger partial charge in [-0.2, -0.15) is 0 Å². The number of hydrogen-bond donors (Lipinski definition) is 4. The number of likely N-dealkylation sites (tertiary alicyclic amines) is 1. The molecule has 2 aromatic heterocycles. The fourth-order valence-electron chi connectivity index (χ4n) is 6.66. The van der Waals surface area contributed by atoms with Gasteiger partial charge in [0, 0.05) is 56.1 Å². The van der Waals surface area contributed by atoms with Gasteiger partial charge >= 0.3 is 4.87 Å². The Morgan fingerprint density at radius 3 is 2.74 bits per heavy atom. The number of ether oxygens (including phenoxy) is 2. The number of carbonyl (C=O) groups excluding carboxylic acids is 1. The van der Waals surface area contributed by atoms with Crippen LogP contribution in [-0.2, 0) is 11.3 Å². The minimum absolute atomic E-state index is 0.00587. The Hall–Kier alpha value is -3.33. The molecule has 1 aliphatic carbocycles. The summed E-state index contributed by atoms with van der Waals surface area (Å²) in [5.41, 5.74) is 2.34. The molecule has 1 atom stereocenters. The summed E-state index contributed by atoms with van der Waals surface area (Å²) in [5, 5.41) is 27.0. The molecule has 2 aromatic carbocycles. The summed E-state index contributed by atoms with van der Waals surface area (Å²) in [7, 11) is 0. The summed E-state index contributed by atoms with van der Waals surface area (Å²) >= 11 is 2.61. The number of phenols is 1. The van der Waals surface area contributed by atoms with Crippen LogP contribution in [0.3, 0.4) is 0 Å². The third kappa shape index (κ3) is 7.25. The van der Waals surface area contributed by atoms with Crippen LogP contribution in [0.5, 0.6) is 11.5 Å². The Morgan fingerprint density at radius 2 is 1.98 bits per heavy atom. The lowest BCUT2D eigenvalue weighted by Crippen LogP contribution is -2.58. The second kappa shape index (κ2) is 14.0. The van der Waals surface area contributed by atoms with E-state index in [0.29, 0.717) is 66.8 Å². The number of aliphatic hydroxyl groups excluding tert-OH is 1. The number of amides is 1. The molecule has 2 saturated heterocycles. The van der Waals surface area contributed by atoms with Crippen molar-refractivity contribution in [1.29, 1.82) is 0 Å². The van der Waals surface area contributed by atoms with Crippen LogP contribution in [0.2, 0.25) is 0 Å². The van der Waals surface area contributed by atoms with Crippen molar-refractivity contribution in [3.8, 4) is 11.5 Å². The van der Waals surface area contributed by atoms with Gasteiger partial charge < -0.3 is 34.9 Å². The fraction of sp³-hybridized carbons (Fsp3) is 0.500. The van der Waals surface area contributed by atoms with Crippen LogP contribution < -0.4 is 14.9 Å². The number of carbonyl (C=O) groups is 1. The summed E-state index contributed by atoms with van der Waals surface area (Å²) in [4.78, 5) is 36.4. The molecule has 1 saturated carbocycles. The van der Waals surface area contributed by atoms with E-state index in [2.05, 4.69) is 15.2 Å². The number of aromatic nitrogens is 2. The molecular weight excluding hydrogens is 639 g/mol. The van der Waals surface area contributed by atoms with Crippen LogP contribution >= 0.6 is 22.7 Å². The van der Waals surface area contributed by atoms with Crippen molar-refractivity contribution < 1.29 is 24.5 Å². The van der Waals surface area contributed by atoms with Gasteiger partial charge in [-0.15, -0.1) is 11.3 Å². The monoisotopic (exact) mass is 679 g/mol. The van der Waals surface area contributed by atoms with Crippen LogP contribution in [0, 0.1) is 0 Å². The van der Waals surface area contributed by atoms with Gasteiger partial charge in [0.25, 0.3) is 5.91 Å². The highest BCUT2D eigenvalue weighted by Crippen LogP contribution is 2.38. The van der Waals surface area contributed by atoms with E-state index < -0.39 is 6.10 Å². The zero-order chi connectivity index (χ0) is 32.4. The number of nitrogens with one attached hydrogen (secondary N) is 2. The topological polar surface area (TPSA) is 140 Å². The first-order valence-corrected chi connectivity index (χ1v) is 18.1. The van der Waals surface area contributed by atoms with Crippen molar-refractivity contribution in [1.82, 2.24) is 25.1 Å². The number of benzene rings is 2. The van der Waals surface area contributed by atoms with Crippen LogP contribution in [0.15, 0.2) is 46.6 Å². The Kier molecular flexibility index (Phi) is 9.62. The molecule has 250 valence electrons. The molecule has 0 bridgehead atoms. The normalized spacial score (nSPS) is 19.2. The molecule has 2 aliphatic heterocycles. The minimum Gasteiger partial charge on any atom is -0.506 e. The lowest BCUT2D eigenvalue weighted by atomic mass is 9.86. The van der Waals surface area contributed by atoms with Crippen molar-refractivity contribution in [2.75, 3.05) is 52.5 Å². The van der Waals surface area contributed by atoms with Crippen LogP contribution in [-0.4, -0.2) is 94.0 Å². The number of aliphatic hydroxyl groups is 1. The maximum absolute atomic E-state index is 13.3. The number of phenolic OH excluding ortho intramolecular Hbond substituents is 1. The molecular formula is C34H41N5O6S2. The molecule has 4 aromatic rings. The number of piperidine rings is 1. The quantitative estimate of drug-likeness (QED) is 0.183. The van der Waals surface area contributed by atoms with Gasteiger partial charge in [0.2, 0.25) is 0 Å². The molecule has 0 unspecified atom stereocenters. The maximum atomic E-state index is 13.3. The average molecular weight is 680 g/mol. The molecule has 3 fully saturated rings. The summed E-state index contributed by atoms with van der Waals surface area (Å²) in [6, 6.07) is 11.1. The maximum Gasteiger partial charge on any atom is 0.305 e. The van der Waals surface area contributed by atoms with Gasteiger partial charge in [-0.25, -0.2) is 4.98 Å². The van der Waals surface area contributed by atoms with Crippen LogP contribution in [0.25, 0.3) is 10.2 Å². The van der Waals surface area contributed by atoms with Gasteiger partial charge in [0.05, 0.1) is 34.6 Å². The van der Waals surface area contributed by atoms with E-state index in [1.807, 2.05) is 34.5 Å².